The van der Waals surface area contributed by atoms with Gasteiger partial charge in [-0.05, 0) is 47.5 Å². The van der Waals surface area contributed by atoms with E-state index in [9.17, 15) is 0 Å². The van der Waals surface area contributed by atoms with Crippen LogP contribution in [0.15, 0.2) is 23.3 Å². The van der Waals surface area contributed by atoms with E-state index in [1.165, 1.54) is 11.1 Å². The second kappa shape index (κ2) is 7.02. The molecule has 15 heavy (non-hydrogen) atoms. The molecule has 0 rings (SSSR count). The molecular weight excluding hydrogens is 200 g/mol. The lowest BCUT2D eigenvalue weighted by atomic mass is 10.1. The minimum Gasteiger partial charge on any atom is -0.376 e. The predicted octanol–water partition coefficient (Wildman–Crippen LogP) is 2.80. The van der Waals surface area contributed by atoms with E-state index < -0.39 is 0 Å². The topological polar surface area (TPSA) is 9.23 Å². The van der Waals surface area contributed by atoms with E-state index in [2.05, 4.69) is 46.8 Å². The molecule has 0 aliphatic carbocycles. The maximum Gasteiger partial charge on any atom is 0.0652 e. The van der Waals surface area contributed by atoms with E-state index in [0.717, 1.165) is 29.7 Å². The Hall–Kier alpha value is -0.343. The van der Waals surface area contributed by atoms with E-state index in [4.69, 9.17) is 4.74 Å². The van der Waals surface area contributed by atoms with Crippen molar-refractivity contribution in [2.45, 2.75) is 52.7 Å². The van der Waals surface area contributed by atoms with E-state index in [1.54, 1.807) is 0 Å². The molecule has 2 heteroatoms. The molecule has 1 nitrogen and oxygen atoms in total. The van der Waals surface area contributed by atoms with Gasteiger partial charge in [0.05, 0.1) is 6.61 Å². The van der Waals surface area contributed by atoms with Crippen LogP contribution in [0.1, 0.15) is 47.5 Å². The Balaban J connectivity index is 3.75. The maximum atomic E-state index is 5.70. The van der Waals surface area contributed by atoms with Crippen molar-refractivity contribution in [2.24, 2.45) is 0 Å². The van der Waals surface area contributed by atoms with Crippen LogP contribution in [0.5, 0.6) is 0 Å². The van der Waals surface area contributed by atoms with Gasteiger partial charge in [-0.25, -0.2) is 0 Å². The zero-order chi connectivity index (χ0) is 11.9. The van der Waals surface area contributed by atoms with Gasteiger partial charge in [0, 0.05) is 15.5 Å². The normalized spacial score (nSPS) is 13.0. The third-order valence-corrected chi connectivity index (χ3v) is 2.33. The third-order valence-electron chi connectivity index (χ3n) is 2.04. The fraction of sp³-hybridized carbons (Fsp3) is 0.692. The van der Waals surface area contributed by atoms with Crippen LogP contribution in [-0.2, 0) is 4.74 Å². The van der Waals surface area contributed by atoms with Crippen LogP contribution in [0, 0.1) is 0 Å². The van der Waals surface area contributed by atoms with E-state index >= 15 is 0 Å². The van der Waals surface area contributed by atoms with Crippen LogP contribution in [-0.4, -0.2) is 22.1 Å². The Morgan fingerprint density at radius 2 is 1.80 bits per heavy atom. The van der Waals surface area contributed by atoms with Crippen LogP contribution in [0.4, 0.5) is 0 Å². The summed E-state index contributed by atoms with van der Waals surface area (Å²) in [7, 11) is 1.08. The van der Waals surface area contributed by atoms with Crippen molar-refractivity contribution in [3.05, 3.63) is 23.3 Å². The lowest BCUT2D eigenvalue weighted by Crippen LogP contribution is -2.24. The Kier molecular flexibility index (Phi) is 6.86. The van der Waals surface area contributed by atoms with Gasteiger partial charge in [-0.3, -0.25) is 0 Å². The van der Waals surface area contributed by atoms with Crippen molar-refractivity contribution in [3.8, 4) is 0 Å². The van der Waals surface area contributed by atoms with Gasteiger partial charge in [0.15, 0.2) is 0 Å². The zero-order valence-electron chi connectivity index (χ0n) is 11.2. The predicted molar refractivity (Wildman–Crippen MR) is 72.4 cm³/mol. The first kappa shape index (κ1) is 14.7. The molecule has 88 valence electrons. The number of hydrogen-bond acceptors (Lipinski definition) is 1. The summed E-state index contributed by atoms with van der Waals surface area (Å²) < 4.78 is 5.70. The molecule has 0 N–H and O–H groups in total. The summed E-state index contributed by atoms with van der Waals surface area (Å²) in [6.07, 6.45) is 6.79. The summed E-state index contributed by atoms with van der Waals surface area (Å²) in [5.74, 6) is 0. The molecule has 0 radical (unpaired) electrons. The molecule has 0 bridgehead atoms. The Morgan fingerprint density at radius 1 is 1.20 bits per heavy atom. The molecule has 0 atom stereocenters. The minimum absolute atomic E-state index is 0.108. The highest BCUT2D eigenvalue weighted by atomic mass is 28.1. The third kappa shape index (κ3) is 11.6. The first-order valence-corrected chi connectivity index (χ1v) is 6.74. The average Bonchev–Trinajstić information content (AvgIpc) is 2.00. The summed E-state index contributed by atoms with van der Waals surface area (Å²) in [4.78, 5) is 0. The Bertz CT molecular complexity index is 229. The quantitative estimate of drug-likeness (QED) is 0.500. The van der Waals surface area contributed by atoms with Crippen molar-refractivity contribution in [3.63, 3.8) is 0 Å². The maximum absolute atomic E-state index is 5.70. The van der Waals surface area contributed by atoms with Gasteiger partial charge in [0.2, 0.25) is 0 Å². The fourth-order valence-electron chi connectivity index (χ4n) is 1.12. The number of allylic oxidation sites excluding steroid dienone is 3. The molecule has 0 aromatic heterocycles. The lowest BCUT2D eigenvalue weighted by molar-refractivity contribution is 0.0666. The van der Waals surface area contributed by atoms with E-state index in [1.807, 2.05) is 0 Å². The first-order valence-electron chi connectivity index (χ1n) is 5.74. The van der Waals surface area contributed by atoms with E-state index in [0.29, 0.717) is 0 Å². The molecule has 0 saturated heterocycles. The van der Waals surface area contributed by atoms with Gasteiger partial charge in [-0.2, -0.15) is 0 Å². The highest BCUT2D eigenvalue weighted by Gasteiger charge is 2.07. The fourth-order valence-corrected chi connectivity index (χ4v) is 1.29. The van der Waals surface area contributed by atoms with Crippen LogP contribution >= 0.6 is 0 Å². The monoisotopic (exact) mass is 226 g/mol. The van der Waals surface area contributed by atoms with Crippen LogP contribution < -0.4 is 0 Å². The Labute approximate surface area is 98.0 Å². The lowest BCUT2D eigenvalue weighted by Gasteiger charge is -2.18. The standard InChI is InChI=1S/C13H26OSi/c1-11(2)7-6-8-12(3)9-10-14-13(4,5)15/h7,9H,6,8,10H2,1-5,15H3/b12-9+. The van der Waals surface area contributed by atoms with Gasteiger partial charge >= 0.3 is 0 Å². The molecule has 0 aliphatic heterocycles. The van der Waals surface area contributed by atoms with Crippen LogP contribution in [0.3, 0.4) is 0 Å². The average molecular weight is 226 g/mol. The van der Waals surface area contributed by atoms with Gasteiger partial charge in [0.25, 0.3) is 0 Å². The minimum atomic E-state index is 0.108. The number of hydrogen-bond donors (Lipinski definition) is 0. The second-order valence-corrected chi connectivity index (χ2v) is 7.70. The van der Waals surface area contributed by atoms with Gasteiger partial charge in [0.1, 0.15) is 0 Å². The summed E-state index contributed by atoms with van der Waals surface area (Å²) in [6.45, 7) is 11.5. The van der Waals surface area contributed by atoms with Crippen molar-refractivity contribution < 1.29 is 4.74 Å². The molecule has 0 aromatic carbocycles. The van der Waals surface area contributed by atoms with Crippen molar-refractivity contribution >= 4 is 10.2 Å². The summed E-state index contributed by atoms with van der Waals surface area (Å²) in [5.41, 5.74) is 2.83. The van der Waals surface area contributed by atoms with Gasteiger partial charge < -0.3 is 4.74 Å². The van der Waals surface area contributed by atoms with Crippen molar-refractivity contribution in [1.82, 2.24) is 0 Å². The van der Waals surface area contributed by atoms with E-state index in [-0.39, 0.29) is 5.22 Å². The number of ether oxygens (including phenoxy) is 1. The summed E-state index contributed by atoms with van der Waals surface area (Å²) in [5, 5.41) is 0.108. The SMILES string of the molecule is CC(C)=CCC/C(C)=C/COC(C)(C)[SiH3]. The van der Waals surface area contributed by atoms with Crippen LogP contribution in [0.2, 0.25) is 0 Å². The largest absolute Gasteiger partial charge is 0.376 e. The molecule has 0 saturated carbocycles. The molecule has 0 heterocycles. The summed E-state index contributed by atoms with van der Waals surface area (Å²) >= 11 is 0. The second-order valence-electron chi connectivity index (χ2n) is 5.29. The van der Waals surface area contributed by atoms with Crippen LogP contribution in [0.25, 0.3) is 0 Å². The molecule has 0 unspecified atom stereocenters. The van der Waals surface area contributed by atoms with Gasteiger partial charge in [-0.15, -0.1) is 0 Å². The number of rotatable bonds is 6. The highest BCUT2D eigenvalue weighted by molar-refractivity contribution is 6.13. The molecule has 0 aliphatic rings. The van der Waals surface area contributed by atoms with Crippen molar-refractivity contribution in [2.75, 3.05) is 6.61 Å². The smallest absolute Gasteiger partial charge is 0.0652 e. The van der Waals surface area contributed by atoms with Crippen molar-refractivity contribution in [1.29, 1.82) is 0 Å². The molecule has 0 spiro atoms. The van der Waals surface area contributed by atoms with Gasteiger partial charge in [-0.1, -0.05) is 23.3 Å². The highest BCUT2D eigenvalue weighted by Crippen LogP contribution is 2.08. The molecular formula is C13H26OSi. The molecule has 0 amide bonds. The zero-order valence-corrected chi connectivity index (χ0v) is 13.2. The summed E-state index contributed by atoms with van der Waals surface area (Å²) in [6, 6.07) is 0. The Morgan fingerprint density at radius 3 is 2.27 bits per heavy atom. The molecule has 0 fully saturated rings. The first-order chi connectivity index (χ1) is 6.81. The molecule has 0 aromatic rings.